The summed E-state index contributed by atoms with van der Waals surface area (Å²) in [4.78, 5) is 0. The monoisotopic (exact) mass is 267 g/mol. The van der Waals surface area contributed by atoms with Crippen LogP contribution in [-0.4, -0.2) is 12.1 Å². The molecule has 1 saturated heterocycles. The molecule has 0 amide bonds. The minimum Gasteiger partial charge on any atom is -0.311 e. The van der Waals surface area contributed by atoms with Gasteiger partial charge >= 0.3 is 0 Å². The zero-order valence-corrected chi connectivity index (χ0v) is 14.5. The zero-order chi connectivity index (χ0) is 14.7. The number of hydrogen-bond donors (Lipinski definition) is 1. The molecule has 0 aromatic rings. The fourth-order valence-electron chi connectivity index (χ4n) is 4.46. The summed E-state index contributed by atoms with van der Waals surface area (Å²) in [6.07, 6.45) is 8.40. The number of rotatable bonds is 3. The maximum Gasteiger partial charge on any atom is 0.0159 e. The van der Waals surface area contributed by atoms with E-state index in [0.717, 1.165) is 5.92 Å². The van der Waals surface area contributed by atoms with E-state index in [0.29, 0.717) is 16.4 Å². The molecule has 19 heavy (non-hydrogen) atoms. The summed E-state index contributed by atoms with van der Waals surface area (Å²) in [5, 5.41) is 3.84. The lowest BCUT2D eigenvalue weighted by atomic mass is 9.72. The first-order valence-electron chi connectivity index (χ1n) is 8.58. The van der Waals surface area contributed by atoms with E-state index in [4.69, 9.17) is 0 Å². The van der Waals surface area contributed by atoms with Crippen LogP contribution in [0.3, 0.4) is 0 Å². The van der Waals surface area contributed by atoms with Crippen molar-refractivity contribution in [2.75, 3.05) is 6.54 Å². The van der Waals surface area contributed by atoms with E-state index in [1.165, 1.54) is 45.1 Å². The Morgan fingerprint density at radius 1 is 1.05 bits per heavy atom. The van der Waals surface area contributed by atoms with Crippen LogP contribution in [0, 0.1) is 16.7 Å². The summed E-state index contributed by atoms with van der Waals surface area (Å²) in [7, 11) is 0. The predicted molar refractivity (Wildman–Crippen MR) is 86.5 cm³/mol. The Morgan fingerprint density at radius 2 is 1.68 bits per heavy atom. The average Bonchev–Trinajstić information content (AvgIpc) is 2.85. The molecule has 1 aliphatic carbocycles. The van der Waals surface area contributed by atoms with Crippen molar-refractivity contribution in [1.29, 1.82) is 0 Å². The van der Waals surface area contributed by atoms with Gasteiger partial charge in [-0.3, -0.25) is 0 Å². The van der Waals surface area contributed by atoms with Gasteiger partial charge in [0.25, 0.3) is 0 Å². The van der Waals surface area contributed by atoms with Crippen molar-refractivity contribution in [3.05, 3.63) is 0 Å². The molecule has 2 aliphatic rings. The van der Waals surface area contributed by atoms with Crippen LogP contribution >= 0.6 is 0 Å². The molecule has 1 spiro atoms. The molecule has 1 saturated carbocycles. The van der Waals surface area contributed by atoms with E-state index < -0.39 is 0 Å². The highest BCUT2D eigenvalue weighted by atomic mass is 15.0. The molecular formula is C18H37N. The van der Waals surface area contributed by atoms with Gasteiger partial charge in [0.1, 0.15) is 0 Å². The van der Waals surface area contributed by atoms with E-state index >= 15 is 0 Å². The van der Waals surface area contributed by atoms with Gasteiger partial charge in [-0.15, -0.1) is 0 Å². The van der Waals surface area contributed by atoms with Crippen molar-refractivity contribution >= 4 is 0 Å². The van der Waals surface area contributed by atoms with E-state index in [-0.39, 0.29) is 0 Å². The van der Waals surface area contributed by atoms with Crippen molar-refractivity contribution in [1.82, 2.24) is 5.32 Å². The van der Waals surface area contributed by atoms with E-state index in [1.807, 2.05) is 13.8 Å². The summed E-state index contributed by atoms with van der Waals surface area (Å²) >= 11 is 0. The topological polar surface area (TPSA) is 12.0 Å². The van der Waals surface area contributed by atoms with E-state index in [2.05, 4.69) is 39.9 Å². The lowest BCUT2D eigenvalue weighted by molar-refractivity contribution is 0.185. The Labute approximate surface area is 121 Å². The molecular weight excluding hydrogens is 230 g/mol. The second kappa shape index (κ2) is 6.16. The predicted octanol–water partition coefficient (Wildman–Crippen LogP) is 5.40. The molecule has 0 aromatic heterocycles. The van der Waals surface area contributed by atoms with Crippen LogP contribution in [0.15, 0.2) is 0 Å². The minimum absolute atomic E-state index is 0.428. The molecule has 2 fully saturated rings. The van der Waals surface area contributed by atoms with E-state index in [9.17, 15) is 0 Å². The summed E-state index contributed by atoms with van der Waals surface area (Å²) in [6.45, 7) is 17.4. The van der Waals surface area contributed by atoms with Gasteiger partial charge in [-0.2, -0.15) is 0 Å². The molecule has 1 aliphatic heterocycles. The third-order valence-electron chi connectivity index (χ3n) is 5.86. The Balaban J connectivity index is 0.000000861. The standard InChI is InChI=1S/C16H31N.C2H6/c1-6-7-15(5)11-16(12-17-15)9-8-14(4,10-16)13(2)3;1-2/h13,17H,6-12H2,1-5H3;1-2H3. The molecule has 1 nitrogen and oxygen atoms in total. The SMILES string of the molecule is CC.CCCC1(C)CC2(CCC(C)(C(C)C)C2)CN1. The smallest absolute Gasteiger partial charge is 0.0159 e. The summed E-state index contributed by atoms with van der Waals surface area (Å²) in [5.74, 6) is 0.833. The quantitative estimate of drug-likeness (QED) is 0.722. The lowest BCUT2D eigenvalue weighted by Gasteiger charge is -2.32. The van der Waals surface area contributed by atoms with Crippen LogP contribution in [0.25, 0.3) is 0 Å². The maximum atomic E-state index is 3.84. The fraction of sp³-hybridized carbons (Fsp3) is 1.00. The number of nitrogens with one attached hydrogen (secondary N) is 1. The van der Waals surface area contributed by atoms with Gasteiger partial charge < -0.3 is 5.32 Å². The number of hydrogen-bond acceptors (Lipinski definition) is 1. The zero-order valence-electron chi connectivity index (χ0n) is 14.5. The lowest BCUT2D eigenvalue weighted by Crippen LogP contribution is -2.35. The van der Waals surface area contributed by atoms with Crippen LogP contribution in [0.5, 0.6) is 0 Å². The van der Waals surface area contributed by atoms with E-state index in [1.54, 1.807) is 0 Å². The molecule has 1 heteroatoms. The summed E-state index contributed by atoms with van der Waals surface area (Å²) in [5.41, 5.74) is 1.65. The van der Waals surface area contributed by atoms with Crippen molar-refractivity contribution in [2.45, 2.75) is 92.5 Å². The molecule has 3 unspecified atom stereocenters. The Morgan fingerprint density at radius 3 is 2.16 bits per heavy atom. The summed E-state index contributed by atoms with van der Waals surface area (Å²) in [6, 6.07) is 0. The Bertz CT molecular complexity index is 285. The normalized spacial score (nSPS) is 41.7. The molecule has 0 radical (unpaired) electrons. The highest BCUT2D eigenvalue weighted by Gasteiger charge is 2.52. The molecule has 114 valence electrons. The largest absolute Gasteiger partial charge is 0.311 e. The van der Waals surface area contributed by atoms with Gasteiger partial charge in [0, 0.05) is 12.1 Å². The maximum absolute atomic E-state index is 3.84. The molecule has 2 rings (SSSR count). The first-order chi connectivity index (χ1) is 8.83. The first kappa shape index (κ1) is 17.0. The second-order valence-electron chi connectivity index (χ2n) is 7.83. The Hall–Kier alpha value is -0.0400. The van der Waals surface area contributed by atoms with Crippen LogP contribution < -0.4 is 5.32 Å². The van der Waals surface area contributed by atoms with Crippen molar-refractivity contribution < 1.29 is 0 Å². The van der Waals surface area contributed by atoms with Crippen LogP contribution in [0.4, 0.5) is 0 Å². The van der Waals surface area contributed by atoms with Crippen molar-refractivity contribution in [3.63, 3.8) is 0 Å². The molecule has 0 bridgehead atoms. The third-order valence-corrected chi connectivity index (χ3v) is 5.86. The van der Waals surface area contributed by atoms with Gasteiger partial charge in [-0.05, 0) is 55.8 Å². The van der Waals surface area contributed by atoms with Gasteiger partial charge in [0.05, 0.1) is 0 Å². The Kier molecular flexibility index (Phi) is 5.52. The first-order valence-corrected chi connectivity index (χ1v) is 8.58. The fourth-order valence-corrected chi connectivity index (χ4v) is 4.46. The van der Waals surface area contributed by atoms with Gasteiger partial charge in [-0.25, -0.2) is 0 Å². The summed E-state index contributed by atoms with van der Waals surface area (Å²) < 4.78 is 0. The van der Waals surface area contributed by atoms with Crippen LogP contribution in [0.2, 0.25) is 0 Å². The van der Waals surface area contributed by atoms with Gasteiger partial charge in [0.15, 0.2) is 0 Å². The minimum atomic E-state index is 0.428. The average molecular weight is 268 g/mol. The highest BCUT2D eigenvalue weighted by Crippen LogP contribution is 2.58. The van der Waals surface area contributed by atoms with Gasteiger partial charge in [-0.1, -0.05) is 48.0 Å². The highest BCUT2D eigenvalue weighted by molar-refractivity contribution is 5.07. The molecule has 3 atom stereocenters. The third kappa shape index (κ3) is 3.54. The molecule has 1 N–H and O–H groups in total. The van der Waals surface area contributed by atoms with Crippen molar-refractivity contribution in [3.8, 4) is 0 Å². The van der Waals surface area contributed by atoms with Crippen molar-refractivity contribution in [2.24, 2.45) is 16.7 Å². The second-order valence-corrected chi connectivity index (χ2v) is 7.83. The van der Waals surface area contributed by atoms with Crippen LogP contribution in [-0.2, 0) is 0 Å². The molecule has 0 aromatic carbocycles. The van der Waals surface area contributed by atoms with Gasteiger partial charge in [0.2, 0.25) is 0 Å². The molecule has 1 heterocycles. The van der Waals surface area contributed by atoms with Crippen LogP contribution in [0.1, 0.15) is 87.0 Å².